The SMILES string of the molecule is CCCCC/C=N\NC(N)=S. The molecule has 0 fully saturated rings. The third kappa shape index (κ3) is 9.36. The zero-order valence-electron chi connectivity index (χ0n) is 6.84. The fraction of sp³-hybridized carbons (Fsp3) is 0.714. The van der Waals surface area contributed by atoms with Crippen molar-refractivity contribution in [2.24, 2.45) is 10.8 Å². The summed E-state index contributed by atoms with van der Waals surface area (Å²) in [4.78, 5) is 0. The highest BCUT2D eigenvalue weighted by molar-refractivity contribution is 7.80. The highest BCUT2D eigenvalue weighted by Crippen LogP contribution is 1.95. The van der Waals surface area contributed by atoms with Crippen molar-refractivity contribution in [2.75, 3.05) is 0 Å². The number of unbranched alkanes of at least 4 members (excludes halogenated alkanes) is 3. The quantitative estimate of drug-likeness (QED) is 0.286. The zero-order valence-corrected chi connectivity index (χ0v) is 7.66. The number of nitrogens with zero attached hydrogens (tertiary/aromatic N) is 1. The van der Waals surface area contributed by atoms with Crippen molar-refractivity contribution in [1.29, 1.82) is 0 Å². The van der Waals surface area contributed by atoms with Crippen molar-refractivity contribution >= 4 is 23.5 Å². The van der Waals surface area contributed by atoms with Gasteiger partial charge in [-0.3, -0.25) is 5.43 Å². The molecule has 64 valence electrons. The number of nitrogens with one attached hydrogen (secondary N) is 1. The molecule has 11 heavy (non-hydrogen) atoms. The lowest BCUT2D eigenvalue weighted by Crippen LogP contribution is -2.23. The summed E-state index contributed by atoms with van der Waals surface area (Å²) >= 11 is 4.55. The molecular weight excluding hydrogens is 158 g/mol. The van der Waals surface area contributed by atoms with Crippen LogP contribution in [-0.2, 0) is 0 Å². The Hall–Kier alpha value is -0.640. The van der Waals surface area contributed by atoms with Crippen LogP contribution in [0.5, 0.6) is 0 Å². The number of hydrazone groups is 1. The van der Waals surface area contributed by atoms with E-state index in [2.05, 4.69) is 29.7 Å². The van der Waals surface area contributed by atoms with E-state index in [4.69, 9.17) is 5.73 Å². The number of hydrogen-bond acceptors (Lipinski definition) is 2. The number of rotatable bonds is 5. The molecule has 0 saturated carbocycles. The van der Waals surface area contributed by atoms with Crippen molar-refractivity contribution in [3.8, 4) is 0 Å². The van der Waals surface area contributed by atoms with E-state index in [9.17, 15) is 0 Å². The Morgan fingerprint density at radius 1 is 1.64 bits per heavy atom. The largest absolute Gasteiger partial charge is 0.375 e. The molecule has 0 aromatic heterocycles. The van der Waals surface area contributed by atoms with E-state index >= 15 is 0 Å². The molecule has 3 nitrogen and oxygen atoms in total. The molecule has 3 N–H and O–H groups in total. The summed E-state index contributed by atoms with van der Waals surface area (Å²) in [7, 11) is 0. The van der Waals surface area contributed by atoms with Crippen LogP contribution < -0.4 is 11.2 Å². The van der Waals surface area contributed by atoms with Gasteiger partial charge in [-0.25, -0.2) is 0 Å². The second-order valence-electron chi connectivity index (χ2n) is 2.28. The van der Waals surface area contributed by atoms with Crippen molar-refractivity contribution in [2.45, 2.75) is 32.6 Å². The minimum atomic E-state index is 0.219. The predicted molar refractivity (Wildman–Crippen MR) is 52.6 cm³/mol. The van der Waals surface area contributed by atoms with Gasteiger partial charge in [-0.05, 0) is 25.1 Å². The number of nitrogens with two attached hydrogens (primary N) is 1. The van der Waals surface area contributed by atoms with Crippen LogP contribution in [0.2, 0.25) is 0 Å². The average molecular weight is 173 g/mol. The summed E-state index contributed by atoms with van der Waals surface area (Å²) < 4.78 is 0. The van der Waals surface area contributed by atoms with Crippen LogP contribution in [0.15, 0.2) is 5.10 Å². The van der Waals surface area contributed by atoms with Gasteiger partial charge in [0.15, 0.2) is 5.11 Å². The van der Waals surface area contributed by atoms with Gasteiger partial charge in [-0.2, -0.15) is 5.10 Å². The van der Waals surface area contributed by atoms with Gasteiger partial charge in [0.1, 0.15) is 0 Å². The Bertz CT molecular complexity index is 134. The second kappa shape index (κ2) is 7.47. The third-order valence-corrected chi connectivity index (χ3v) is 1.29. The molecular formula is C7H15N3S. The molecule has 0 spiro atoms. The van der Waals surface area contributed by atoms with Crippen LogP contribution in [0.1, 0.15) is 32.6 Å². The minimum Gasteiger partial charge on any atom is -0.375 e. The first kappa shape index (κ1) is 10.4. The van der Waals surface area contributed by atoms with E-state index in [-0.39, 0.29) is 5.11 Å². The van der Waals surface area contributed by atoms with Gasteiger partial charge in [0.2, 0.25) is 0 Å². The summed E-state index contributed by atoms with van der Waals surface area (Å²) in [6, 6.07) is 0. The van der Waals surface area contributed by atoms with E-state index in [1.54, 1.807) is 6.21 Å². The molecule has 0 aromatic carbocycles. The van der Waals surface area contributed by atoms with E-state index < -0.39 is 0 Å². The molecule has 0 aliphatic carbocycles. The highest BCUT2D eigenvalue weighted by atomic mass is 32.1. The molecule has 0 atom stereocenters. The summed E-state index contributed by atoms with van der Waals surface area (Å²) in [5.74, 6) is 0. The fourth-order valence-electron chi connectivity index (χ4n) is 0.659. The minimum absolute atomic E-state index is 0.219. The zero-order chi connectivity index (χ0) is 8.53. The topological polar surface area (TPSA) is 50.4 Å². The summed E-state index contributed by atoms with van der Waals surface area (Å²) in [6.45, 7) is 2.17. The molecule has 0 radical (unpaired) electrons. The first-order chi connectivity index (χ1) is 5.27. The Morgan fingerprint density at radius 3 is 2.91 bits per heavy atom. The lowest BCUT2D eigenvalue weighted by Gasteiger charge is -1.93. The standard InChI is InChI=1S/C7H15N3S/c1-2-3-4-5-6-9-10-7(8)11/h6H,2-5H2,1H3,(H3,8,10,11)/b9-6-. The molecule has 0 bridgehead atoms. The third-order valence-electron chi connectivity index (χ3n) is 1.20. The molecule has 0 aliphatic heterocycles. The van der Waals surface area contributed by atoms with E-state index in [0.29, 0.717) is 0 Å². The van der Waals surface area contributed by atoms with Crippen LogP contribution in [0.25, 0.3) is 0 Å². The van der Waals surface area contributed by atoms with Gasteiger partial charge < -0.3 is 5.73 Å². The molecule has 0 saturated heterocycles. The molecule has 4 heteroatoms. The molecule has 0 rings (SSSR count). The Kier molecular flexibility index (Phi) is 7.03. The van der Waals surface area contributed by atoms with E-state index in [1.165, 1.54) is 19.3 Å². The van der Waals surface area contributed by atoms with Crippen molar-refractivity contribution in [3.05, 3.63) is 0 Å². The van der Waals surface area contributed by atoms with Crippen molar-refractivity contribution < 1.29 is 0 Å². The van der Waals surface area contributed by atoms with Crippen molar-refractivity contribution in [1.82, 2.24) is 5.43 Å². The smallest absolute Gasteiger partial charge is 0.184 e. The van der Waals surface area contributed by atoms with Gasteiger partial charge in [-0.15, -0.1) is 0 Å². The Labute approximate surface area is 73.0 Å². The van der Waals surface area contributed by atoms with Crippen LogP contribution in [0.3, 0.4) is 0 Å². The van der Waals surface area contributed by atoms with Gasteiger partial charge in [-0.1, -0.05) is 19.8 Å². The van der Waals surface area contributed by atoms with Gasteiger partial charge in [0.05, 0.1) is 0 Å². The first-order valence-electron chi connectivity index (χ1n) is 3.84. The van der Waals surface area contributed by atoms with Gasteiger partial charge in [0, 0.05) is 6.21 Å². The molecule has 0 amide bonds. The molecule has 0 heterocycles. The van der Waals surface area contributed by atoms with Crippen LogP contribution in [0.4, 0.5) is 0 Å². The van der Waals surface area contributed by atoms with E-state index in [1.807, 2.05) is 0 Å². The second-order valence-corrected chi connectivity index (χ2v) is 2.72. The normalized spacial score (nSPS) is 10.3. The maximum atomic E-state index is 5.14. The predicted octanol–water partition coefficient (Wildman–Crippen LogP) is 1.39. The van der Waals surface area contributed by atoms with E-state index in [0.717, 1.165) is 6.42 Å². The Balaban J connectivity index is 3.10. The fourth-order valence-corrected chi connectivity index (χ4v) is 0.712. The number of thiocarbonyl (C=S) groups is 1. The van der Waals surface area contributed by atoms with Crippen LogP contribution in [-0.4, -0.2) is 11.3 Å². The van der Waals surface area contributed by atoms with Gasteiger partial charge in [0.25, 0.3) is 0 Å². The number of hydrogen-bond donors (Lipinski definition) is 2. The molecule has 0 aliphatic rings. The van der Waals surface area contributed by atoms with Crippen molar-refractivity contribution in [3.63, 3.8) is 0 Å². The maximum Gasteiger partial charge on any atom is 0.184 e. The maximum absolute atomic E-state index is 5.14. The van der Waals surface area contributed by atoms with Gasteiger partial charge >= 0.3 is 0 Å². The molecule has 0 unspecified atom stereocenters. The summed E-state index contributed by atoms with van der Waals surface area (Å²) in [5, 5.41) is 4.02. The summed E-state index contributed by atoms with van der Waals surface area (Å²) in [6.07, 6.45) is 6.45. The Morgan fingerprint density at radius 2 is 2.36 bits per heavy atom. The highest BCUT2D eigenvalue weighted by Gasteiger charge is 1.82. The summed E-state index contributed by atoms with van der Waals surface area (Å²) in [5.41, 5.74) is 7.64. The van der Waals surface area contributed by atoms with Crippen LogP contribution >= 0.6 is 12.2 Å². The molecule has 0 aromatic rings. The first-order valence-corrected chi connectivity index (χ1v) is 4.25. The van der Waals surface area contributed by atoms with Crippen LogP contribution in [0, 0.1) is 0 Å². The lowest BCUT2D eigenvalue weighted by atomic mass is 10.2. The monoisotopic (exact) mass is 173 g/mol. The lowest BCUT2D eigenvalue weighted by molar-refractivity contribution is 0.744. The average Bonchev–Trinajstić information content (AvgIpc) is 1.96.